The zero-order valence-corrected chi connectivity index (χ0v) is 17.0. The van der Waals surface area contributed by atoms with Gasteiger partial charge in [-0.3, -0.25) is 4.79 Å². The summed E-state index contributed by atoms with van der Waals surface area (Å²) in [5, 5.41) is 2.95. The van der Waals surface area contributed by atoms with Gasteiger partial charge in [-0.05, 0) is 68.4 Å². The van der Waals surface area contributed by atoms with Gasteiger partial charge < -0.3 is 24.6 Å². The molecular formula is C23H29N3O3. The predicted molar refractivity (Wildman–Crippen MR) is 115 cm³/mol. The van der Waals surface area contributed by atoms with E-state index in [0.29, 0.717) is 12.2 Å². The van der Waals surface area contributed by atoms with Gasteiger partial charge >= 0.3 is 0 Å². The highest BCUT2D eigenvalue weighted by Gasteiger charge is 2.16. The van der Waals surface area contributed by atoms with Crippen molar-refractivity contribution in [1.82, 2.24) is 4.90 Å². The minimum atomic E-state index is -0.108. The summed E-state index contributed by atoms with van der Waals surface area (Å²) in [5.41, 5.74) is 2.58. The second kappa shape index (κ2) is 9.29. The molecule has 0 aliphatic carbocycles. The Morgan fingerprint density at radius 3 is 2.45 bits per heavy atom. The number of nitrogens with one attached hydrogen (secondary N) is 1. The second-order valence-corrected chi connectivity index (χ2v) is 7.76. The Morgan fingerprint density at radius 2 is 1.79 bits per heavy atom. The van der Waals surface area contributed by atoms with Crippen LogP contribution in [0.5, 0.6) is 5.75 Å². The molecule has 2 heterocycles. The number of ether oxygens (including phenoxy) is 2. The molecule has 1 atom stereocenters. The van der Waals surface area contributed by atoms with E-state index in [1.807, 2.05) is 48.5 Å². The van der Waals surface area contributed by atoms with Gasteiger partial charge in [0.15, 0.2) is 0 Å². The summed E-state index contributed by atoms with van der Waals surface area (Å²) in [6.45, 7) is 5.57. The van der Waals surface area contributed by atoms with E-state index >= 15 is 0 Å². The Hall–Kier alpha value is -2.57. The van der Waals surface area contributed by atoms with E-state index < -0.39 is 0 Å². The number of carbonyl (C=O) groups excluding carboxylic acids is 1. The molecule has 4 rings (SSSR count). The molecule has 0 bridgehead atoms. The fourth-order valence-corrected chi connectivity index (χ4v) is 3.69. The third-order valence-corrected chi connectivity index (χ3v) is 5.57. The number of anilines is 2. The van der Waals surface area contributed by atoms with Crippen molar-refractivity contribution < 1.29 is 14.3 Å². The van der Waals surface area contributed by atoms with Gasteiger partial charge in [0, 0.05) is 49.7 Å². The molecule has 0 radical (unpaired) electrons. The molecule has 6 heteroatoms. The number of hydrogen-bond donors (Lipinski definition) is 1. The highest BCUT2D eigenvalue weighted by Crippen LogP contribution is 2.20. The first-order chi connectivity index (χ1) is 14.2. The number of amides is 1. The lowest BCUT2D eigenvalue weighted by Crippen LogP contribution is -2.44. The topological polar surface area (TPSA) is 54.0 Å². The van der Waals surface area contributed by atoms with E-state index in [-0.39, 0.29) is 12.0 Å². The Labute approximate surface area is 172 Å². The van der Waals surface area contributed by atoms with Crippen molar-refractivity contribution in [2.75, 3.05) is 56.7 Å². The van der Waals surface area contributed by atoms with Crippen LogP contribution in [-0.2, 0) is 4.74 Å². The molecule has 2 saturated heterocycles. The van der Waals surface area contributed by atoms with Gasteiger partial charge in [-0.2, -0.15) is 0 Å². The van der Waals surface area contributed by atoms with Crippen molar-refractivity contribution in [3.8, 4) is 5.75 Å². The lowest BCUT2D eigenvalue weighted by molar-refractivity contribution is 0.0679. The summed E-state index contributed by atoms with van der Waals surface area (Å²) in [7, 11) is 2.15. The molecule has 29 heavy (non-hydrogen) atoms. The van der Waals surface area contributed by atoms with Gasteiger partial charge in [-0.25, -0.2) is 0 Å². The van der Waals surface area contributed by atoms with Gasteiger partial charge in [0.1, 0.15) is 12.4 Å². The number of likely N-dealkylation sites (N-methyl/N-ethyl adjacent to an activating group) is 1. The number of nitrogens with zero attached hydrogens (tertiary/aromatic N) is 2. The van der Waals surface area contributed by atoms with Crippen LogP contribution < -0.4 is 15.0 Å². The molecule has 6 nitrogen and oxygen atoms in total. The molecule has 0 saturated carbocycles. The second-order valence-electron chi connectivity index (χ2n) is 7.76. The van der Waals surface area contributed by atoms with Gasteiger partial charge in [0.05, 0.1) is 6.10 Å². The summed E-state index contributed by atoms with van der Waals surface area (Å²) in [4.78, 5) is 17.2. The van der Waals surface area contributed by atoms with Crippen LogP contribution in [0.15, 0.2) is 48.5 Å². The minimum absolute atomic E-state index is 0.108. The first-order valence-electron chi connectivity index (χ1n) is 10.4. The fraction of sp³-hybridized carbons (Fsp3) is 0.435. The van der Waals surface area contributed by atoms with E-state index in [9.17, 15) is 4.79 Å². The third kappa shape index (κ3) is 5.28. The first-order valence-corrected chi connectivity index (χ1v) is 10.4. The molecule has 1 amide bonds. The molecule has 1 unspecified atom stereocenters. The summed E-state index contributed by atoms with van der Waals surface area (Å²) < 4.78 is 11.3. The van der Waals surface area contributed by atoms with Gasteiger partial charge in [0.25, 0.3) is 5.91 Å². The van der Waals surface area contributed by atoms with Crippen molar-refractivity contribution in [2.45, 2.75) is 18.9 Å². The van der Waals surface area contributed by atoms with Crippen LogP contribution in [0.3, 0.4) is 0 Å². The molecule has 2 aliphatic rings. The van der Waals surface area contributed by atoms with Gasteiger partial charge in [-0.1, -0.05) is 0 Å². The van der Waals surface area contributed by atoms with Gasteiger partial charge in [0.2, 0.25) is 0 Å². The molecule has 2 aromatic rings. The Morgan fingerprint density at radius 1 is 1.07 bits per heavy atom. The van der Waals surface area contributed by atoms with Crippen LogP contribution in [0.4, 0.5) is 11.4 Å². The third-order valence-electron chi connectivity index (χ3n) is 5.57. The summed E-state index contributed by atoms with van der Waals surface area (Å²) in [5.74, 6) is 0.679. The van der Waals surface area contributed by atoms with Crippen molar-refractivity contribution in [3.05, 3.63) is 54.1 Å². The zero-order chi connectivity index (χ0) is 20.1. The maximum absolute atomic E-state index is 12.6. The number of carbonyl (C=O) groups is 1. The zero-order valence-electron chi connectivity index (χ0n) is 17.0. The van der Waals surface area contributed by atoms with E-state index in [0.717, 1.165) is 57.1 Å². The van der Waals surface area contributed by atoms with Crippen LogP contribution in [0, 0.1) is 0 Å². The largest absolute Gasteiger partial charge is 0.491 e. The predicted octanol–water partition coefficient (Wildman–Crippen LogP) is 3.25. The van der Waals surface area contributed by atoms with E-state index in [1.54, 1.807) is 0 Å². The quantitative estimate of drug-likeness (QED) is 0.814. The minimum Gasteiger partial charge on any atom is -0.491 e. The molecule has 0 spiro atoms. The van der Waals surface area contributed by atoms with Crippen molar-refractivity contribution in [3.63, 3.8) is 0 Å². The maximum atomic E-state index is 12.6. The molecule has 1 N–H and O–H groups in total. The molecule has 2 aliphatic heterocycles. The lowest BCUT2D eigenvalue weighted by atomic mass is 10.1. The number of hydrogen-bond acceptors (Lipinski definition) is 5. The highest BCUT2D eigenvalue weighted by atomic mass is 16.5. The summed E-state index contributed by atoms with van der Waals surface area (Å²) in [6.07, 6.45) is 2.36. The van der Waals surface area contributed by atoms with E-state index in [4.69, 9.17) is 9.47 Å². The normalized spacial score (nSPS) is 19.9. The smallest absolute Gasteiger partial charge is 0.255 e. The van der Waals surface area contributed by atoms with Crippen LogP contribution in [0.2, 0.25) is 0 Å². The van der Waals surface area contributed by atoms with Crippen LogP contribution >= 0.6 is 0 Å². The SMILES string of the molecule is CN1CCN(c2ccc(C(=O)Nc3ccc(OCC4CCCO4)cc3)cc2)CC1. The average Bonchev–Trinajstić information content (AvgIpc) is 3.28. The Bertz CT molecular complexity index is 793. The van der Waals surface area contributed by atoms with Crippen LogP contribution in [0.25, 0.3) is 0 Å². The van der Waals surface area contributed by atoms with Crippen LogP contribution in [-0.4, -0.2) is 63.4 Å². The van der Waals surface area contributed by atoms with Crippen molar-refractivity contribution in [1.29, 1.82) is 0 Å². The van der Waals surface area contributed by atoms with E-state index in [1.165, 1.54) is 5.69 Å². The molecule has 2 aromatic carbocycles. The standard InChI is InChI=1S/C23H29N3O3/c1-25-12-14-26(15-13-25)20-8-4-18(5-9-20)23(27)24-19-6-10-21(11-7-19)29-17-22-3-2-16-28-22/h4-11,22H,2-3,12-17H2,1H3,(H,24,27). The molecule has 2 fully saturated rings. The summed E-state index contributed by atoms with van der Waals surface area (Å²) >= 11 is 0. The number of benzene rings is 2. The molecular weight excluding hydrogens is 366 g/mol. The fourth-order valence-electron chi connectivity index (χ4n) is 3.69. The maximum Gasteiger partial charge on any atom is 0.255 e. The van der Waals surface area contributed by atoms with Crippen LogP contribution in [0.1, 0.15) is 23.2 Å². The van der Waals surface area contributed by atoms with Crippen molar-refractivity contribution >= 4 is 17.3 Å². The van der Waals surface area contributed by atoms with Gasteiger partial charge in [-0.15, -0.1) is 0 Å². The Balaban J connectivity index is 1.29. The number of piperazine rings is 1. The highest BCUT2D eigenvalue weighted by molar-refractivity contribution is 6.04. The monoisotopic (exact) mass is 395 g/mol. The summed E-state index contributed by atoms with van der Waals surface area (Å²) in [6, 6.07) is 15.3. The Kier molecular flexibility index (Phi) is 6.32. The average molecular weight is 396 g/mol. The number of rotatable bonds is 6. The first kappa shape index (κ1) is 19.7. The lowest BCUT2D eigenvalue weighted by Gasteiger charge is -2.34. The molecule has 0 aromatic heterocycles. The van der Waals surface area contributed by atoms with Crippen molar-refractivity contribution in [2.24, 2.45) is 0 Å². The molecule has 154 valence electrons. The van der Waals surface area contributed by atoms with E-state index in [2.05, 4.69) is 22.2 Å².